The van der Waals surface area contributed by atoms with Gasteiger partial charge in [0.1, 0.15) is 0 Å². The summed E-state index contributed by atoms with van der Waals surface area (Å²) in [4.78, 5) is 7.98. The number of anilines is 1. The smallest absolute Gasteiger partial charge is 0.195 e. The van der Waals surface area contributed by atoms with Crippen LogP contribution in [-0.4, -0.2) is 41.7 Å². The van der Waals surface area contributed by atoms with Crippen LogP contribution in [-0.2, 0) is 11.3 Å². The minimum Gasteiger partial charge on any atom is -0.380 e. The average Bonchev–Trinajstić information content (AvgIpc) is 2.96. The lowest BCUT2D eigenvalue weighted by molar-refractivity contribution is 0.154. The minimum absolute atomic E-state index is 0.0847. The Bertz CT molecular complexity index is 570. The summed E-state index contributed by atoms with van der Waals surface area (Å²) in [5, 5.41) is 5.63. The first-order valence-electron chi connectivity index (χ1n) is 7.40. The Kier molecular flexibility index (Phi) is 5.24. The summed E-state index contributed by atoms with van der Waals surface area (Å²) >= 11 is 1.67. The number of ether oxygens (including phenoxy) is 1. The second kappa shape index (κ2) is 6.77. The third-order valence-corrected chi connectivity index (χ3v) is 4.02. The molecule has 1 N–H and O–H groups in total. The van der Waals surface area contributed by atoms with Gasteiger partial charge in [0, 0.05) is 43.9 Å². The van der Waals surface area contributed by atoms with E-state index in [0.717, 1.165) is 37.1 Å². The number of fused-ring (bicyclic) bond motifs is 1. The summed E-state index contributed by atoms with van der Waals surface area (Å²) in [6, 6.07) is 0. The standard InChI is InChI=1S/C15H26N4OS/c1-6-20-9-7-18(5)13-12(11-16-15(2,3)4)19-8-10-21-14(19)17-13/h8,10,16H,6-7,9,11H2,1-5H3. The molecule has 0 bridgehead atoms. The summed E-state index contributed by atoms with van der Waals surface area (Å²) in [5.41, 5.74) is 1.29. The maximum Gasteiger partial charge on any atom is 0.195 e. The molecule has 0 aliphatic carbocycles. The first-order chi connectivity index (χ1) is 9.92. The summed E-state index contributed by atoms with van der Waals surface area (Å²) in [6.07, 6.45) is 2.09. The molecule has 0 aromatic carbocycles. The number of rotatable bonds is 7. The largest absolute Gasteiger partial charge is 0.380 e. The van der Waals surface area contributed by atoms with Gasteiger partial charge in [-0.05, 0) is 27.7 Å². The van der Waals surface area contributed by atoms with E-state index in [0.29, 0.717) is 0 Å². The van der Waals surface area contributed by atoms with Crippen LogP contribution in [0.25, 0.3) is 4.96 Å². The maximum atomic E-state index is 5.45. The van der Waals surface area contributed by atoms with Gasteiger partial charge < -0.3 is 15.0 Å². The lowest BCUT2D eigenvalue weighted by Gasteiger charge is -2.23. The number of likely N-dealkylation sites (N-methyl/N-ethyl adjacent to an activating group) is 1. The number of nitrogens with zero attached hydrogens (tertiary/aromatic N) is 3. The summed E-state index contributed by atoms with van der Waals surface area (Å²) in [6.45, 7) is 11.7. The molecule has 0 radical (unpaired) electrons. The Morgan fingerprint density at radius 2 is 2.19 bits per heavy atom. The average molecular weight is 310 g/mol. The van der Waals surface area contributed by atoms with Crippen LogP contribution in [0, 0.1) is 0 Å². The van der Waals surface area contributed by atoms with Crippen molar-refractivity contribution >= 4 is 22.1 Å². The zero-order chi connectivity index (χ0) is 15.5. The fraction of sp³-hybridized carbons (Fsp3) is 0.667. The zero-order valence-electron chi connectivity index (χ0n) is 13.6. The van der Waals surface area contributed by atoms with Crippen LogP contribution in [0.15, 0.2) is 11.6 Å². The van der Waals surface area contributed by atoms with Crippen molar-refractivity contribution in [2.75, 3.05) is 31.7 Å². The van der Waals surface area contributed by atoms with E-state index in [4.69, 9.17) is 9.72 Å². The predicted octanol–water partition coefficient (Wildman–Crippen LogP) is 2.76. The normalized spacial score (nSPS) is 12.2. The van der Waals surface area contributed by atoms with Crippen molar-refractivity contribution in [3.05, 3.63) is 17.3 Å². The van der Waals surface area contributed by atoms with Gasteiger partial charge in [-0.15, -0.1) is 11.3 Å². The lowest BCUT2D eigenvalue weighted by Crippen LogP contribution is -2.36. The van der Waals surface area contributed by atoms with E-state index in [-0.39, 0.29) is 5.54 Å². The molecular weight excluding hydrogens is 284 g/mol. The van der Waals surface area contributed by atoms with Gasteiger partial charge in [0.15, 0.2) is 10.8 Å². The third kappa shape index (κ3) is 4.18. The highest BCUT2D eigenvalue weighted by atomic mass is 32.1. The van der Waals surface area contributed by atoms with Crippen molar-refractivity contribution in [1.29, 1.82) is 0 Å². The van der Waals surface area contributed by atoms with Gasteiger partial charge in [-0.1, -0.05) is 0 Å². The van der Waals surface area contributed by atoms with Crippen molar-refractivity contribution in [2.24, 2.45) is 0 Å². The predicted molar refractivity (Wildman–Crippen MR) is 89.4 cm³/mol. The molecule has 0 amide bonds. The van der Waals surface area contributed by atoms with Crippen LogP contribution >= 0.6 is 11.3 Å². The van der Waals surface area contributed by atoms with Crippen molar-refractivity contribution in [1.82, 2.24) is 14.7 Å². The van der Waals surface area contributed by atoms with E-state index in [1.165, 1.54) is 5.69 Å². The first kappa shape index (κ1) is 16.3. The highest BCUT2D eigenvalue weighted by Crippen LogP contribution is 2.24. The van der Waals surface area contributed by atoms with Gasteiger partial charge in [0.05, 0.1) is 12.3 Å². The molecule has 0 fully saturated rings. The SMILES string of the molecule is CCOCCN(C)c1nc2sccn2c1CNC(C)(C)C. The van der Waals surface area contributed by atoms with Crippen LogP contribution in [0.3, 0.4) is 0 Å². The lowest BCUT2D eigenvalue weighted by atomic mass is 10.1. The quantitative estimate of drug-likeness (QED) is 0.799. The van der Waals surface area contributed by atoms with Crippen molar-refractivity contribution in [2.45, 2.75) is 39.8 Å². The molecule has 0 aliphatic rings. The Morgan fingerprint density at radius 3 is 2.86 bits per heavy atom. The van der Waals surface area contributed by atoms with Gasteiger partial charge in [-0.25, -0.2) is 4.98 Å². The molecule has 21 heavy (non-hydrogen) atoms. The van der Waals surface area contributed by atoms with Crippen LogP contribution in [0.1, 0.15) is 33.4 Å². The van der Waals surface area contributed by atoms with E-state index in [9.17, 15) is 0 Å². The molecule has 0 unspecified atom stereocenters. The topological polar surface area (TPSA) is 41.8 Å². The molecule has 118 valence electrons. The fourth-order valence-electron chi connectivity index (χ4n) is 2.09. The molecule has 0 saturated heterocycles. The second-order valence-electron chi connectivity index (χ2n) is 6.16. The van der Waals surface area contributed by atoms with Gasteiger partial charge in [0.2, 0.25) is 0 Å². The molecule has 0 spiro atoms. The monoisotopic (exact) mass is 310 g/mol. The molecule has 0 saturated carbocycles. The van der Waals surface area contributed by atoms with Gasteiger partial charge in [-0.3, -0.25) is 4.40 Å². The molecule has 2 aromatic rings. The number of thiazole rings is 1. The van der Waals surface area contributed by atoms with Gasteiger partial charge >= 0.3 is 0 Å². The van der Waals surface area contributed by atoms with E-state index >= 15 is 0 Å². The van der Waals surface area contributed by atoms with E-state index < -0.39 is 0 Å². The summed E-state index contributed by atoms with van der Waals surface area (Å²) < 4.78 is 7.62. The third-order valence-electron chi connectivity index (χ3n) is 3.26. The number of imidazole rings is 1. The Balaban J connectivity index is 2.19. The Morgan fingerprint density at radius 1 is 1.43 bits per heavy atom. The summed E-state index contributed by atoms with van der Waals surface area (Å²) in [7, 11) is 2.08. The number of nitrogens with one attached hydrogen (secondary N) is 1. The molecular formula is C15H26N4OS. The van der Waals surface area contributed by atoms with Crippen LogP contribution in [0.4, 0.5) is 5.82 Å². The van der Waals surface area contributed by atoms with Gasteiger partial charge in [0.25, 0.3) is 0 Å². The first-order valence-corrected chi connectivity index (χ1v) is 8.28. The number of hydrogen-bond donors (Lipinski definition) is 1. The van der Waals surface area contributed by atoms with E-state index in [1.54, 1.807) is 11.3 Å². The Hall–Kier alpha value is -1.11. The highest BCUT2D eigenvalue weighted by Gasteiger charge is 2.18. The van der Waals surface area contributed by atoms with E-state index in [2.05, 4.69) is 54.0 Å². The minimum atomic E-state index is 0.0847. The Labute approximate surface area is 130 Å². The zero-order valence-corrected chi connectivity index (χ0v) is 14.5. The van der Waals surface area contributed by atoms with Crippen LogP contribution < -0.4 is 10.2 Å². The van der Waals surface area contributed by atoms with Crippen LogP contribution in [0.5, 0.6) is 0 Å². The molecule has 5 nitrogen and oxygen atoms in total. The molecule has 0 aliphatic heterocycles. The second-order valence-corrected chi connectivity index (χ2v) is 7.03. The summed E-state index contributed by atoms with van der Waals surface area (Å²) in [5.74, 6) is 1.04. The fourth-order valence-corrected chi connectivity index (χ4v) is 2.82. The molecule has 6 heteroatoms. The van der Waals surface area contributed by atoms with Crippen LogP contribution in [0.2, 0.25) is 0 Å². The highest BCUT2D eigenvalue weighted by molar-refractivity contribution is 7.15. The number of hydrogen-bond acceptors (Lipinski definition) is 5. The maximum absolute atomic E-state index is 5.45. The molecule has 2 heterocycles. The molecule has 2 rings (SSSR count). The molecule has 2 aromatic heterocycles. The van der Waals surface area contributed by atoms with Crippen molar-refractivity contribution in [3.63, 3.8) is 0 Å². The van der Waals surface area contributed by atoms with Gasteiger partial charge in [-0.2, -0.15) is 0 Å². The number of aromatic nitrogens is 2. The van der Waals surface area contributed by atoms with E-state index in [1.807, 2.05) is 6.92 Å². The van der Waals surface area contributed by atoms with Crippen molar-refractivity contribution < 1.29 is 4.74 Å². The van der Waals surface area contributed by atoms with Crippen molar-refractivity contribution in [3.8, 4) is 0 Å². The molecule has 0 atom stereocenters.